The Morgan fingerprint density at radius 2 is 2.07 bits per heavy atom. The zero-order valence-corrected chi connectivity index (χ0v) is 24.7. The number of hydrogen-bond donors (Lipinski definition) is 5. The summed E-state index contributed by atoms with van der Waals surface area (Å²) in [6, 6.07) is 3.70. The zero-order valence-electron chi connectivity index (χ0n) is 22.2. The van der Waals surface area contributed by atoms with Gasteiger partial charge in [0.2, 0.25) is 5.43 Å². The van der Waals surface area contributed by atoms with Crippen molar-refractivity contribution in [1.29, 1.82) is 0 Å². The van der Waals surface area contributed by atoms with E-state index in [9.17, 15) is 34.6 Å². The fourth-order valence-electron chi connectivity index (χ4n) is 4.35. The number of anilines is 1. The first-order chi connectivity index (χ1) is 20.6. The molecule has 0 unspecified atom stereocenters. The number of aliphatic carboxylic acids is 1. The maximum Gasteiger partial charge on any atom is 0.352 e. The number of carboxylic acid groups (broad SMARTS) is 1. The Hall–Kier alpha value is -4.55. The minimum absolute atomic E-state index is 0.0462. The Balaban J connectivity index is 1.33. The van der Waals surface area contributed by atoms with E-state index in [1.165, 1.54) is 22.0 Å². The standard InChI is InChI=1S/C25H23N7O8S3/c1-41-14-2-4-30(5-3-14)7-12-10-42-23-19(22(36)32(23)20(12)24(37)38)28-21(35)18(15-11-43-25(26)27-15)29-40-9-13-6-16(33)17(34)8-31(13)39/h2-6,8,11,19,23,39H,7,9-10H2,1H3,(H4-,26,27,28,34,35,37,38)/p+1/b29-18+/t19-,23-/m0/s1. The van der Waals surface area contributed by atoms with E-state index in [1.54, 1.807) is 11.8 Å². The number of thioether (sulfide) groups is 2. The van der Waals surface area contributed by atoms with Gasteiger partial charge in [-0.25, -0.2) is 14.3 Å². The number of carbonyl (C=O) groups excluding carboxylic acids is 2. The highest BCUT2D eigenvalue weighted by Crippen LogP contribution is 2.40. The van der Waals surface area contributed by atoms with E-state index < -0.39 is 47.0 Å². The molecule has 43 heavy (non-hydrogen) atoms. The summed E-state index contributed by atoms with van der Waals surface area (Å²) in [5.74, 6) is -3.04. The summed E-state index contributed by atoms with van der Waals surface area (Å²) >= 11 is 3.94. The molecule has 18 heteroatoms. The lowest BCUT2D eigenvalue weighted by molar-refractivity contribution is -0.689. The van der Waals surface area contributed by atoms with Gasteiger partial charge in [0.1, 0.15) is 28.5 Å². The Labute approximate surface area is 255 Å². The van der Waals surface area contributed by atoms with Crippen molar-refractivity contribution in [3.63, 3.8) is 0 Å². The fraction of sp³-hybridized carbons (Fsp3) is 0.240. The van der Waals surface area contributed by atoms with E-state index >= 15 is 0 Å². The lowest BCUT2D eigenvalue weighted by Crippen LogP contribution is -2.71. The maximum absolute atomic E-state index is 13.3. The second-order valence-corrected chi connectivity index (χ2v) is 12.0. The molecule has 2 aliphatic rings. The van der Waals surface area contributed by atoms with Crippen LogP contribution in [0.5, 0.6) is 5.75 Å². The van der Waals surface area contributed by atoms with E-state index in [-0.39, 0.29) is 34.5 Å². The minimum Gasteiger partial charge on any atom is -0.503 e. The van der Waals surface area contributed by atoms with Crippen LogP contribution in [0.3, 0.4) is 0 Å². The lowest BCUT2D eigenvalue weighted by atomic mass is 10.0. The maximum atomic E-state index is 13.3. The molecule has 2 aliphatic heterocycles. The molecular weight excluding hydrogens is 623 g/mol. The molecule has 224 valence electrons. The number of aromatic nitrogens is 3. The third kappa shape index (κ3) is 6.15. The molecule has 5 rings (SSSR count). The summed E-state index contributed by atoms with van der Waals surface area (Å²) in [5, 5.41) is 36.6. The van der Waals surface area contributed by atoms with Gasteiger partial charge in [-0.15, -0.1) is 34.9 Å². The molecular formula is C25H24N7O8S3+. The molecule has 0 radical (unpaired) electrons. The molecule has 1 saturated heterocycles. The highest BCUT2D eigenvalue weighted by atomic mass is 32.2. The average molecular weight is 647 g/mol. The fourth-order valence-corrected chi connectivity index (χ4v) is 6.62. The number of β-lactam (4-membered cyclic amide) rings is 1. The number of hydrogen-bond acceptors (Lipinski definition) is 13. The Bertz CT molecular complexity index is 1720. The van der Waals surface area contributed by atoms with Crippen molar-refractivity contribution in [3.8, 4) is 5.75 Å². The number of fused-ring (bicyclic) bond motifs is 1. The first-order valence-corrected chi connectivity index (χ1v) is 15.5. The van der Waals surface area contributed by atoms with Gasteiger partial charge in [0.15, 0.2) is 42.1 Å². The monoisotopic (exact) mass is 646 g/mol. The van der Waals surface area contributed by atoms with Gasteiger partial charge >= 0.3 is 5.97 Å². The Morgan fingerprint density at radius 3 is 2.72 bits per heavy atom. The predicted molar refractivity (Wildman–Crippen MR) is 156 cm³/mol. The summed E-state index contributed by atoms with van der Waals surface area (Å²) in [5.41, 5.74) is 5.02. The SMILES string of the molecule is CSc1cc[n+](CC2=C(C(=O)O)N3C(=O)[C@H](NC(=O)/C(=N/OCc4cc(=O)c(O)cn4O)c4csc(N)n4)[C@@H]3SC2)cc1. The molecule has 0 spiro atoms. The highest BCUT2D eigenvalue weighted by Gasteiger charge is 2.54. The van der Waals surface area contributed by atoms with E-state index in [0.717, 1.165) is 28.5 Å². The summed E-state index contributed by atoms with van der Waals surface area (Å²) in [7, 11) is 0. The number of thiazole rings is 1. The first kappa shape index (κ1) is 29.9. The van der Waals surface area contributed by atoms with Gasteiger partial charge in [0.05, 0.1) is 6.20 Å². The molecule has 0 bridgehead atoms. The largest absolute Gasteiger partial charge is 0.503 e. The molecule has 2 atom stereocenters. The minimum atomic E-state index is -1.25. The molecule has 3 aromatic rings. The van der Waals surface area contributed by atoms with Crippen LogP contribution >= 0.6 is 34.9 Å². The van der Waals surface area contributed by atoms with Crippen LogP contribution in [-0.4, -0.2) is 77.0 Å². The number of nitrogens with zero attached hydrogens (tertiary/aromatic N) is 5. The molecule has 0 saturated carbocycles. The Morgan fingerprint density at radius 1 is 1.33 bits per heavy atom. The van der Waals surface area contributed by atoms with Crippen molar-refractivity contribution in [2.45, 2.75) is 29.5 Å². The third-order valence-electron chi connectivity index (χ3n) is 6.44. The van der Waals surface area contributed by atoms with Crippen molar-refractivity contribution < 1.29 is 39.2 Å². The second-order valence-electron chi connectivity index (χ2n) is 9.17. The van der Waals surface area contributed by atoms with Crippen LogP contribution < -0.4 is 21.0 Å². The average Bonchev–Trinajstić information content (AvgIpc) is 3.41. The van der Waals surface area contributed by atoms with Gasteiger partial charge in [-0.1, -0.05) is 5.16 Å². The predicted octanol–water partition coefficient (Wildman–Crippen LogP) is 0.199. The topological polar surface area (TPSA) is 214 Å². The summed E-state index contributed by atoms with van der Waals surface area (Å²) < 4.78 is 2.30. The molecule has 0 aliphatic carbocycles. The smallest absolute Gasteiger partial charge is 0.352 e. The molecule has 1 fully saturated rings. The van der Waals surface area contributed by atoms with Crippen LogP contribution in [0.15, 0.2) is 68.3 Å². The van der Waals surface area contributed by atoms with E-state index in [2.05, 4.69) is 15.5 Å². The molecule has 2 amide bonds. The van der Waals surface area contributed by atoms with Gasteiger partial charge in [-0.05, 0) is 6.26 Å². The highest BCUT2D eigenvalue weighted by molar-refractivity contribution is 8.00. The van der Waals surface area contributed by atoms with Crippen molar-refractivity contribution in [1.82, 2.24) is 19.9 Å². The van der Waals surface area contributed by atoms with Gasteiger partial charge in [0.25, 0.3) is 11.8 Å². The van der Waals surface area contributed by atoms with Crippen LogP contribution in [0, 0.1) is 0 Å². The number of amides is 2. The summed E-state index contributed by atoms with van der Waals surface area (Å²) in [6.45, 7) is -0.191. The third-order valence-corrected chi connectivity index (χ3v) is 9.20. The number of pyridine rings is 2. The first-order valence-electron chi connectivity index (χ1n) is 12.4. The molecule has 6 N–H and O–H groups in total. The lowest BCUT2D eigenvalue weighted by Gasteiger charge is -2.49. The number of oxime groups is 1. The van der Waals surface area contributed by atoms with Gasteiger partial charge in [-0.3, -0.25) is 19.3 Å². The number of carboxylic acids is 1. The van der Waals surface area contributed by atoms with Crippen LogP contribution in [-0.2, 0) is 32.4 Å². The van der Waals surface area contributed by atoms with Gasteiger partial charge < -0.3 is 31.3 Å². The number of nitrogen functional groups attached to an aromatic ring is 1. The second kappa shape index (κ2) is 12.4. The number of nitrogens with one attached hydrogen (secondary N) is 1. The zero-order chi connectivity index (χ0) is 30.8. The van der Waals surface area contributed by atoms with Crippen LogP contribution in [0.4, 0.5) is 5.13 Å². The van der Waals surface area contributed by atoms with Gasteiger partial charge in [0, 0.05) is 39.8 Å². The normalized spacial score (nSPS) is 18.2. The number of carbonyl (C=O) groups is 3. The van der Waals surface area contributed by atoms with Crippen LogP contribution in [0.1, 0.15) is 11.4 Å². The van der Waals surface area contributed by atoms with Crippen molar-refractivity contribution >= 4 is 63.5 Å². The van der Waals surface area contributed by atoms with Gasteiger partial charge in [-0.2, -0.15) is 4.73 Å². The van der Waals surface area contributed by atoms with Crippen LogP contribution in [0.25, 0.3) is 0 Å². The Kier molecular flexibility index (Phi) is 8.60. The molecule has 5 heterocycles. The molecule has 15 nitrogen and oxygen atoms in total. The quantitative estimate of drug-likeness (QED) is 0.0499. The van der Waals surface area contributed by atoms with Crippen molar-refractivity contribution in [3.05, 3.63) is 75.1 Å². The molecule has 3 aromatic heterocycles. The van der Waals surface area contributed by atoms with Crippen molar-refractivity contribution in [2.24, 2.45) is 5.16 Å². The van der Waals surface area contributed by atoms with E-state index in [0.29, 0.717) is 16.1 Å². The summed E-state index contributed by atoms with van der Waals surface area (Å²) in [4.78, 5) is 61.9. The van der Waals surface area contributed by atoms with E-state index in [4.69, 9.17) is 10.6 Å². The number of rotatable bonds is 10. The molecule has 0 aromatic carbocycles. The number of nitrogens with two attached hydrogens (primary N) is 1. The van der Waals surface area contributed by atoms with Crippen molar-refractivity contribution in [2.75, 3.05) is 17.7 Å². The number of aromatic hydroxyl groups is 1. The summed E-state index contributed by atoms with van der Waals surface area (Å²) in [6.07, 6.45) is 6.41. The van der Waals surface area contributed by atoms with E-state index in [1.807, 2.05) is 35.3 Å². The van der Waals surface area contributed by atoms with Crippen LogP contribution in [0.2, 0.25) is 0 Å².